The molecule has 0 radical (unpaired) electrons. The Morgan fingerprint density at radius 2 is 1.08 bits per heavy atom. The van der Waals surface area contributed by atoms with Gasteiger partial charge in [0.2, 0.25) is 0 Å². The highest BCUT2D eigenvalue weighted by molar-refractivity contribution is 7.07. The third-order valence-electron chi connectivity index (χ3n) is 4.00. The van der Waals surface area contributed by atoms with Crippen molar-refractivity contribution < 1.29 is 9.32 Å². The minimum Gasteiger partial charge on any atom is -0.306 e. The molecule has 3 rings (SSSR count). The molecule has 3 nitrogen and oxygen atoms in total. The predicted molar refractivity (Wildman–Crippen MR) is 103 cm³/mol. The summed E-state index contributed by atoms with van der Waals surface area (Å²) in [7, 11) is -2.75. The molecule has 0 heterocycles. The third kappa shape index (κ3) is 3.60. The van der Waals surface area contributed by atoms with E-state index in [1.807, 2.05) is 54.6 Å². The maximum atomic E-state index is 10.6. The molecular formula is C21H19NO2Si. The summed E-state index contributed by atoms with van der Waals surface area (Å²) >= 11 is 0. The van der Waals surface area contributed by atoms with Crippen LogP contribution >= 0.6 is 0 Å². The SMILES string of the molecule is O=CC=CNO[Si](c1ccccc1)(c1ccccc1)c1ccccc1. The van der Waals surface area contributed by atoms with Crippen LogP contribution in [0, 0.1) is 0 Å². The van der Waals surface area contributed by atoms with Crippen LogP contribution < -0.4 is 21.0 Å². The van der Waals surface area contributed by atoms with Crippen LogP contribution in [0.4, 0.5) is 0 Å². The maximum Gasteiger partial charge on any atom is 0.321 e. The van der Waals surface area contributed by atoms with E-state index < -0.39 is 8.32 Å². The first-order chi connectivity index (χ1) is 12.4. The number of aldehydes is 1. The van der Waals surface area contributed by atoms with E-state index in [4.69, 9.17) is 4.53 Å². The summed E-state index contributed by atoms with van der Waals surface area (Å²) in [6.07, 6.45) is 3.61. The predicted octanol–water partition coefficient (Wildman–Crippen LogP) is 1.89. The smallest absolute Gasteiger partial charge is 0.306 e. The van der Waals surface area contributed by atoms with Gasteiger partial charge < -0.3 is 4.53 Å². The average Bonchev–Trinajstić information content (AvgIpc) is 2.70. The fourth-order valence-corrected chi connectivity index (χ4v) is 6.48. The Kier molecular flexibility index (Phi) is 5.56. The first-order valence-corrected chi connectivity index (χ1v) is 9.99. The summed E-state index contributed by atoms with van der Waals surface area (Å²) in [5.74, 6) is 0. The zero-order chi connectivity index (χ0) is 17.4. The van der Waals surface area contributed by atoms with Gasteiger partial charge in [0, 0.05) is 6.20 Å². The molecule has 0 saturated carbocycles. The van der Waals surface area contributed by atoms with Gasteiger partial charge in [0.05, 0.1) is 0 Å². The Morgan fingerprint density at radius 1 is 0.680 bits per heavy atom. The minimum absolute atomic E-state index is 0.715. The minimum atomic E-state index is -2.75. The molecule has 3 aromatic carbocycles. The van der Waals surface area contributed by atoms with Crippen LogP contribution in [-0.2, 0) is 9.32 Å². The second kappa shape index (κ2) is 8.24. The van der Waals surface area contributed by atoms with E-state index in [0.717, 1.165) is 15.6 Å². The number of benzene rings is 3. The van der Waals surface area contributed by atoms with Crippen LogP contribution in [0.2, 0.25) is 0 Å². The molecule has 0 atom stereocenters. The lowest BCUT2D eigenvalue weighted by atomic mass is 10.3. The Hall–Kier alpha value is -2.95. The number of hydrogen-bond donors (Lipinski definition) is 1. The Labute approximate surface area is 148 Å². The van der Waals surface area contributed by atoms with E-state index in [1.54, 1.807) is 0 Å². The fraction of sp³-hybridized carbons (Fsp3) is 0. The molecule has 0 fully saturated rings. The van der Waals surface area contributed by atoms with Crippen LogP contribution in [0.3, 0.4) is 0 Å². The zero-order valence-electron chi connectivity index (χ0n) is 13.7. The molecule has 0 aliphatic heterocycles. The van der Waals surface area contributed by atoms with Crippen molar-refractivity contribution in [2.45, 2.75) is 0 Å². The lowest BCUT2D eigenvalue weighted by Crippen LogP contribution is -2.70. The second-order valence-electron chi connectivity index (χ2n) is 5.49. The van der Waals surface area contributed by atoms with Gasteiger partial charge in [-0.05, 0) is 21.6 Å². The van der Waals surface area contributed by atoms with Gasteiger partial charge >= 0.3 is 8.32 Å². The topological polar surface area (TPSA) is 38.3 Å². The molecule has 124 valence electrons. The molecule has 0 bridgehead atoms. The summed E-state index contributed by atoms with van der Waals surface area (Å²) in [4.78, 5) is 10.6. The number of rotatable bonds is 7. The van der Waals surface area contributed by atoms with E-state index in [9.17, 15) is 4.79 Å². The molecule has 1 N–H and O–H groups in total. The van der Waals surface area contributed by atoms with Gasteiger partial charge in [0.1, 0.15) is 6.29 Å². The van der Waals surface area contributed by atoms with Gasteiger partial charge in [-0.15, -0.1) is 0 Å². The number of carbonyl (C=O) groups is 1. The van der Waals surface area contributed by atoms with Gasteiger partial charge in [0.25, 0.3) is 0 Å². The van der Waals surface area contributed by atoms with Crippen LogP contribution in [0.25, 0.3) is 0 Å². The molecule has 3 aromatic rings. The molecule has 0 aliphatic carbocycles. The highest BCUT2D eigenvalue weighted by Gasteiger charge is 2.42. The van der Waals surface area contributed by atoms with Gasteiger partial charge in [-0.25, -0.2) is 0 Å². The van der Waals surface area contributed by atoms with Crippen molar-refractivity contribution in [2.75, 3.05) is 0 Å². The molecule has 0 saturated heterocycles. The van der Waals surface area contributed by atoms with Crippen molar-refractivity contribution in [3.63, 3.8) is 0 Å². The first-order valence-electron chi connectivity index (χ1n) is 8.08. The van der Waals surface area contributed by atoms with E-state index >= 15 is 0 Å². The average molecular weight is 345 g/mol. The van der Waals surface area contributed by atoms with E-state index in [0.29, 0.717) is 6.29 Å². The van der Waals surface area contributed by atoms with Gasteiger partial charge in [-0.1, -0.05) is 91.0 Å². The normalized spacial score (nSPS) is 11.4. The summed E-state index contributed by atoms with van der Waals surface area (Å²) in [6.45, 7) is 0. The summed E-state index contributed by atoms with van der Waals surface area (Å²) in [6, 6.07) is 30.7. The summed E-state index contributed by atoms with van der Waals surface area (Å²) in [5, 5.41) is 3.37. The first kappa shape index (κ1) is 16.9. The van der Waals surface area contributed by atoms with Gasteiger partial charge in [0.15, 0.2) is 0 Å². The number of allylic oxidation sites excluding steroid dienone is 1. The molecular weight excluding hydrogens is 326 g/mol. The maximum absolute atomic E-state index is 10.6. The molecule has 0 amide bonds. The Balaban J connectivity index is 2.20. The Morgan fingerprint density at radius 3 is 1.44 bits per heavy atom. The van der Waals surface area contributed by atoms with Crippen molar-refractivity contribution in [3.05, 3.63) is 103 Å². The lowest BCUT2D eigenvalue weighted by Gasteiger charge is -2.31. The monoisotopic (exact) mass is 345 g/mol. The molecule has 0 unspecified atom stereocenters. The summed E-state index contributed by atoms with van der Waals surface area (Å²) < 4.78 is 6.33. The zero-order valence-corrected chi connectivity index (χ0v) is 14.7. The number of carbonyl (C=O) groups excluding carboxylic acids is 1. The molecule has 0 aromatic heterocycles. The van der Waals surface area contributed by atoms with Gasteiger partial charge in [-0.2, -0.15) is 0 Å². The van der Waals surface area contributed by atoms with Crippen LogP contribution in [-0.4, -0.2) is 14.6 Å². The molecule has 0 aliphatic rings. The van der Waals surface area contributed by atoms with E-state index in [-0.39, 0.29) is 0 Å². The highest BCUT2D eigenvalue weighted by atomic mass is 28.4. The van der Waals surface area contributed by atoms with Crippen LogP contribution in [0.15, 0.2) is 103 Å². The molecule has 4 heteroatoms. The van der Waals surface area contributed by atoms with Crippen molar-refractivity contribution in [2.24, 2.45) is 0 Å². The van der Waals surface area contributed by atoms with E-state index in [1.165, 1.54) is 12.3 Å². The third-order valence-corrected chi connectivity index (χ3v) is 7.86. The van der Waals surface area contributed by atoms with Crippen molar-refractivity contribution in [1.29, 1.82) is 0 Å². The number of hydrogen-bond acceptors (Lipinski definition) is 3. The van der Waals surface area contributed by atoms with Crippen LogP contribution in [0.1, 0.15) is 0 Å². The quantitative estimate of drug-likeness (QED) is 0.234. The largest absolute Gasteiger partial charge is 0.321 e. The van der Waals surface area contributed by atoms with Crippen LogP contribution in [0.5, 0.6) is 0 Å². The number of hydroxylamine groups is 1. The Bertz CT molecular complexity index is 724. The molecule has 0 spiro atoms. The van der Waals surface area contributed by atoms with E-state index in [2.05, 4.69) is 41.9 Å². The summed E-state index contributed by atoms with van der Waals surface area (Å²) in [5.41, 5.74) is 2.87. The number of nitrogens with one attached hydrogen (secondary N) is 1. The second-order valence-corrected chi connectivity index (χ2v) is 8.79. The highest BCUT2D eigenvalue weighted by Crippen LogP contribution is 2.08. The lowest BCUT2D eigenvalue weighted by molar-refractivity contribution is -0.104. The molecule has 25 heavy (non-hydrogen) atoms. The fourth-order valence-electron chi connectivity index (χ4n) is 2.90. The van der Waals surface area contributed by atoms with Gasteiger partial charge in [-0.3, -0.25) is 10.3 Å². The van der Waals surface area contributed by atoms with Crippen molar-refractivity contribution in [3.8, 4) is 0 Å². The van der Waals surface area contributed by atoms with Crippen molar-refractivity contribution >= 4 is 30.2 Å². The standard InChI is InChI=1S/C21H19NO2Si/c23-18-10-17-22-24-25(19-11-4-1-5-12-19,20-13-6-2-7-14-20)21-15-8-3-9-16-21/h1-18,22H. The van der Waals surface area contributed by atoms with Crippen molar-refractivity contribution in [1.82, 2.24) is 5.48 Å².